The Labute approximate surface area is 88.7 Å². The highest BCUT2D eigenvalue weighted by Gasteiger charge is 2.20. The first-order valence-corrected chi connectivity index (χ1v) is 5.73. The van der Waals surface area contributed by atoms with Gasteiger partial charge in [0, 0.05) is 13.2 Å². The van der Waals surface area contributed by atoms with Crippen LogP contribution in [0.25, 0.3) is 0 Å². The Morgan fingerprint density at radius 3 is 2.07 bits per heavy atom. The molecule has 0 atom stereocenters. The van der Waals surface area contributed by atoms with Gasteiger partial charge in [0.2, 0.25) is 0 Å². The summed E-state index contributed by atoms with van der Waals surface area (Å²) in [5.41, 5.74) is 0.179. The number of hydrogen-bond donors (Lipinski definition) is 1. The van der Waals surface area contributed by atoms with Gasteiger partial charge in [-0.15, -0.1) is 0 Å². The van der Waals surface area contributed by atoms with E-state index in [1.54, 1.807) is 0 Å². The summed E-state index contributed by atoms with van der Waals surface area (Å²) in [6, 6.07) is 0. The van der Waals surface area contributed by atoms with E-state index in [4.69, 9.17) is 9.84 Å². The summed E-state index contributed by atoms with van der Waals surface area (Å²) in [6.45, 7) is 9.80. The summed E-state index contributed by atoms with van der Waals surface area (Å²) >= 11 is 0. The molecule has 0 aliphatic carbocycles. The van der Waals surface area contributed by atoms with Crippen molar-refractivity contribution in [2.75, 3.05) is 13.2 Å². The highest BCUT2D eigenvalue weighted by molar-refractivity contribution is 4.71. The van der Waals surface area contributed by atoms with Crippen molar-refractivity contribution in [2.45, 2.75) is 59.0 Å². The van der Waals surface area contributed by atoms with Crippen molar-refractivity contribution in [2.24, 2.45) is 5.92 Å². The molecule has 0 aromatic rings. The quantitative estimate of drug-likeness (QED) is 0.746. The lowest BCUT2D eigenvalue weighted by atomic mass is 9.99. The van der Waals surface area contributed by atoms with E-state index in [0.717, 1.165) is 13.0 Å². The monoisotopic (exact) mass is 202 g/mol. The zero-order valence-electron chi connectivity index (χ0n) is 10.2. The fourth-order valence-electron chi connectivity index (χ4n) is 1.33. The standard InChI is InChI=1S/C7H14O.C5H12O/c1-7(2)5-3-4-6-8-7;1-5(2)3-4-6/h3-6H2,1-2H3;5-6H,3-4H2,1-2H3. The minimum atomic E-state index is 0.179. The zero-order valence-corrected chi connectivity index (χ0v) is 10.2. The van der Waals surface area contributed by atoms with Crippen LogP contribution in [0.15, 0.2) is 0 Å². The Hall–Kier alpha value is -0.0800. The summed E-state index contributed by atoms with van der Waals surface area (Å²) in [6.07, 6.45) is 4.75. The van der Waals surface area contributed by atoms with E-state index in [9.17, 15) is 0 Å². The van der Waals surface area contributed by atoms with Crippen LogP contribution in [0.1, 0.15) is 53.4 Å². The Morgan fingerprint density at radius 1 is 1.29 bits per heavy atom. The van der Waals surface area contributed by atoms with Crippen molar-refractivity contribution < 1.29 is 9.84 Å². The molecular formula is C12H26O2. The molecule has 2 nitrogen and oxygen atoms in total. The van der Waals surface area contributed by atoms with Crippen LogP contribution >= 0.6 is 0 Å². The number of aliphatic hydroxyl groups is 1. The largest absolute Gasteiger partial charge is 0.396 e. The number of rotatable bonds is 2. The second-order valence-electron chi connectivity index (χ2n) is 4.97. The molecule has 0 spiro atoms. The highest BCUT2D eigenvalue weighted by atomic mass is 16.5. The van der Waals surface area contributed by atoms with Crippen molar-refractivity contribution in [3.05, 3.63) is 0 Å². The topological polar surface area (TPSA) is 29.5 Å². The smallest absolute Gasteiger partial charge is 0.0626 e. The Balaban J connectivity index is 0.000000255. The van der Waals surface area contributed by atoms with Crippen LogP contribution in [0.3, 0.4) is 0 Å². The van der Waals surface area contributed by atoms with Gasteiger partial charge in [0.1, 0.15) is 0 Å². The molecule has 1 N–H and O–H groups in total. The Bertz CT molecular complexity index is 122. The molecule has 1 aliphatic rings. The maximum atomic E-state index is 8.24. The van der Waals surface area contributed by atoms with Gasteiger partial charge in [0.05, 0.1) is 5.60 Å². The van der Waals surface area contributed by atoms with Gasteiger partial charge in [-0.2, -0.15) is 0 Å². The lowest BCUT2D eigenvalue weighted by Crippen LogP contribution is -2.28. The van der Waals surface area contributed by atoms with Gasteiger partial charge in [-0.1, -0.05) is 13.8 Å². The molecule has 2 heteroatoms. The summed E-state index contributed by atoms with van der Waals surface area (Å²) < 4.78 is 5.47. The van der Waals surface area contributed by atoms with E-state index in [2.05, 4.69) is 27.7 Å². The van der Waals surface area contributed by atoms with E-state index in [0.29, 0.717) is 12.5 Å². The zero-order chi connectivity index (χ0) is 11.0. The maximum Gasteiger partial charge on any atom is 0.0626 e. The minimum absolute atomic E-state index is 0.179. The molecule has 0 radical (unpaired) electrons. The number of ether oxygens (including phenoxy) is 1. The molecule has 14 heavy (non-hydrogen) atoms. The molecule has 0 unspecified atom stereocenters. The molecule has 1 aliphatic heterocycles. The van der Waals surface area contributed by atoms with Gasteiger partial charge in [0.25, 0.3) is 0 Å². The van der Waals surface area contributed by atoms with Crippen LogP contribution in [0.2, 0.25) is 0 Å². The van der Waals surface area contributed by atoms with Crippen molar-refractivity contribution in [1.29, 1.82) is 0 Å². The lowest BCUT2D eigenvalue weighted by Gasteiger charge is -2.29. The van der Waals surface area contributed by atoms with Gasteiger partial charge in [-0.3, -0.25) is 0 Å². The molecule has 0 aromatic carbocycles. The summed E-state index contributed by atoms with van der Waals surface area (Å²) in [4.78, 5) is 0. The predicted octanol–water partition coefficient (Wildman–Crippen LogP) is 2.99. The van der Waals surface area contributed by atoms with Crippen molar-refractivity contribution in [1.82, 2.24) is 0 Å². The number of aliphatic hydroxyl groups excluding tert-OH is 1. The van der Waals surface area contributed by atoms with Crippen molar-refractivity contribution in [3.8, 4) is 0 Å². The van der Waals surface area contributed by atoms with E-state index in [-0.39, 0.29) is 5.60 Å². The van der Waals surface area contributed by atoms with Gasteiger partial charge >= 0.3 is 0 Å². The van der Waals surface area contributed by atoms with Crippen LogP contribution in [-0.2, 0) is 4.74 Å². The van der Waals surface area contributed by atoms with Crippen LogP contribution in [0.5, 0.6) is 0 Å². The van der Waals surface area contributed by atoms with Crippen LogP contribution in [0.4, 0.5) is 0 Å². The van der Waals surface area contributed by atoms with E-state index >= 15 is 0 Å². The normalized spacial score (nSPS) is 20.1. The SMILES string of the molecule is CC(C)CCO.CC1(C)CCCCO1. The van der Waals surface area contributed by atoms with E-state index in [1.807, 2.05) is 0 Å². The van der Waals surface area contributed by atoms with E-state index < -0.39 is 0 Å². The Morgan fingerprint density at radius 2 is 1.93 bits per heavy atom. The van der Waals surface area contributed by atoms with Gasteiger partial charge < -0.3 is 9.84 Å². The van der Waals surface area contributed by atoms with Gasteiger partial charge in [-0.25, -0.2) is 0 Å². The van der Waals surface area contributed by atoms with Crippen LogP contribution in [0, 0.1) is 5.92 Å². The molecule has 86 valence electrons. The molecule has 1 heterocycles. The second kappa shape index (κ2) is 7.24. The second-order valence-corrected chi connectivity index (χ2v) is 4.97. The molecule has 1 rings (SSSR count). The summed E-state index contributed by atoms with van der Waals surface area (Å²) in [5.74, 6) is 0.648. The van der Waals surface area contributed by atoms with Crippen molar-refractivity contribution in [3.63, 3.8) is 0 Å². The van der Waals surface area contributed by atoms with Crippen LogP contribution in [-0.4, -0.2) is 23.9 Å². The van der Waals surface area contributed by atoms with E-state index in [1.165, 1.54) is 19.3 Å². The summed E-state index contributed by atoms with van der Waals surface area (Å²) in [5, 5.41) is 8.24. The van der Waals surface area contributed by atoms with Crippen LogP contribution < -0.4 is 0 Å². The third-order valence-electron chi connectivity index (χ3n) is 2.37. The highest BCUT2D eigenvalue weighted by Crippen LogP contribution is 2.22. The molecule has 0 saturated carbocycles. The first-order valence-electron chi connectivity index (χ1n) is 5.73. The molecule has 1 saturated heterocycles. The third-order valence-corrected chi connectivity index (χ3v) is 2.37. The first kappa shape index (κ1) is 13.9. The van der Waals surface area contributed by atoms with Crippen molar-refractivity contribution >= 4 is 0 Å². The van der Waals surface area contributed by atoms with Gasteiger partial charge in [0.15, 0.2) is 0 Å². The number of hydrogen-bond acceptors (Lipinski definition) is 2. The molecular weight excluding hydrogens is 176 g/mol. The average Bonchev–Trinajstić information content (AvgIpc) is 2.04. The fraction of sp³-hybridized carbons (Fsp3) is 1.00. The molecule has 0 bridgehead atoms. The molecule has 0 amide bonds. The fourth-order valence-corrected chi connectivity index (χ4v) is 1.33. The summed E-state index contributed by atoms with van der Waals surface area (Å²) in [7, 11) is 0. The first-order chi connectivity index (χ1) is 6.48. The third kappa shape index (κ3) is 8.52. The van der Waals surface area contributed by atoms with Gasteiger partial charge in [-0.05, 0) is 45.4 Å². The molecule has 1 fully saturated rings. The Kier molecular flexibility index (Phi) is 7.20. The maximum absolute atomic E-state index is 8.24. The molecule has 0 aromatic heterocycles. The average molecular weight is 202 g/mol. The lowest BCUT2D eigenvalue weighted by molar-refractivity contribution is -0.0511. The predicted molar refractivity (Wildman–Crippen MR) is 60.4 cm³/mol. The minimum Gasteiger partial charge on any atom is -0.396 e.